The molecular weight excluding hydrogens is 342 g/mol. The van der Waals surface area contributed by atoms with Crippen molar-refractivity contribution in [1.82, 2.24) is 10.2 Å². The number of amides is 2. The van der Waals surface area contributed by atoms with Gasteiger partial charge in [0.1, 0.15) is 5.75 Å². The smallest absolute Gasteiger partial charge is 0.251 e. The zero-order valence-corrected chi connectivity index (χ0v) is 15.2. The van der Waals surface area contributed by atoms with Crippen LogP contribution in [0.4, 0.5) is 0 Å². The van der Waals surface area contributed by atoms with Gasteiger partial charge in [0.15, 0.2) is 0 Å². The lowest BCUT2D eigenvalue weighted by Gasteiger charge is -2.31. The van der Waals surface area contributed by atoms with Gasteiger partial charge in [0.05, 0.1) is 5.92 Å². The summed E-state index contributed by atoms with van der Waals surface area (Å²) in [5.41, 5.74) is 7.56. The van der Waals surface area contributed by atoms with E-state index in [9.17, 15) is 14.7 Å². The van der Waals surface area contributed by atoms with Crippen molar-refractivity contribution < 1.29 is 14.7 Å². The van der Waals surface area contributed by atoms with Crippen LogP contribution in [0, 0.1) is 5.92 Å². The fraction of sp³-hybridized carbons (Fsp3) is 0.333. The van der Waals surface area contributed by atoms with E-state index in [4.69, 9.17) is 5.73 Å². The maximum Gasteiger partial charge on any atom is 0.251 e. The molecular formula is C21H25N3O3. The van der Waals surface area contributed by atoms with Crippen LogP contribution in [-0.2, 0) is 4.79 Å². The minimum atomic E-state index is -0.242. The minimum absolute atomic E-state index is 0.0867. The summed E-state index contributed by atoms with van der Waals surface area (Å²) in [5.74, 6) is -0.252. The summed E-state index contributed by atoms with van der Waals surface area (Å²) < 4.78 is 0. The van der Waals surface area contributed by atoms with E-state index in [1.54, 1.807) is 24.3 Å². The number of piperidine rings is 1. The lowest BCUT2D eigenvalue weighted by Crippen LogP contribution is -2.44. The molecule has 0 radical (unpaired) electrons. The van der Waals surface area contributed by atoms with E-state index >= 15 is 0 Å². The van der Waals surface area contributed by atoms with Crippen molar-refractivity contribution in [2.24, 2.45) is 11.7 Å². The van der Waals surface area contributed by atoms with E-state index in [-0.39, 0.29) is 23.5 Å². The summed E-state index contributed by atoms with van der Waals surface area (Å²) in [6, 6.07) is 14.3. The number of phenolic OH excluding ortho intramolecular Hbond substituents is 1. The third kappa shape index (κ3) is 4.86. The average molecular weight is 367 g/mol. The van der Waals surface area contributed by atoms with Gasteiger partial charge in [-0.15, -0.1) is 0 Å². The Morgan fingerprint density at radius 2 is 1.89 bits per heavy atom. The quantitative estimate of drug-likeness (QED) is 0.727. The van der Waals surface area contributed by atoms with Crippen molar-refractivity contribution in [2.45, 2.75) is 12.8 Å². The molecule has 0 bridgehead atoms. The number of hydrogen-bond acceptors (Lipinski definition) is 4. The molecule has 1 atom stereocenters. The lowest BCUT2D eigenvalue weighted by molar-refractivity contribution is -0.123. The number of carbonyl (C=O) groups is 2. The molecule has 2 aromatic rings. The predicted octanol–water partition coefficient (Wildman–Crippen LogP) is 1.99. The first-order chi connectivity index (χ1) is 13.0. The van der Waals surface area contributed by atoms with E-state index < -0.39 is 0 Å². The zero-order valence-electron chi connectivity index (χ0n) is 15.2. The number of benzene rings is 2. The van der Waals surface area contributed by atoms with Crippen molar-refractivity contribution in [1.29, 1.82) is 0 Å². The van der Waals surface area contributed by atoms with Gasteiger partial charge >= 0.3 is 0 Å². The number of carbonyl (C=O) groups excluding carboxylic acids is 2. The molecule has 1 heterocycles. The molecule has 1 saturated heterocycles. The number of nitrogens with zero attached hydrogens (tertiary/aromatic N) is 1. The fourth-order valence-corrected chi connectivity index (χ4v) is 3.44. The fourth-order valence-electron chi connectivity index (χ4n) is 3.44. The normalized spacial score (nSPS) is 17.4. The number of nitrogens with two attached hydrogens (primary N) is 1. The summed E-state index contributed by atoms with van der Waals surface area (Å²) >= 11 is 0. The number of rotatable bonds is 6. The monoisotopic (exact) mass is 367 g/mol. The molecule has 142 valence electrons. The van der Waals surface area contributed by atoms with E-state index in [2.05, 4.69) is 10.2 Å². The van der Waals surface area contributed by atoms with Crippen LogP contribution in [0.1, 0.15) is 23.2 Å². The van der Waals surface area contributed by atoms with Crippen molar-refractivity contribution in [3.05, 3.63) is 54.1 Å². The molecule has 1 fully saturated rings. The molecule has 1 aliphatic rings. The van der Waals surface area contributed by atoms with E-state index in [1.807, 2.05) is 24.3 Å². The molecule has 0 unspecified atom stereocenters. The molecule has 27 heavy (non-hydrogen) atoms. The maximum absolute atomic E-state index is 12.3. The van der Waals surface area contributed by atoms with Crippen molar-refractivity contribution >= 4 is 11.8 Å². The van der Waals surface area contributed by atoms with E-state index in [1.165, 1.54) is 0 Å². The Balaban J connectivity index is 1.51. The van der Waals surface area contributed by atoms with Crippen LogP contribution >= 0.6 is 0 Å². The molecule has 2 aromatic carbocycles. The average Bonchev–Trinajstić information content (AvgIpc) is 2.68. The number of para-hydroxylation sites is 1. The summed E-state index contributed by atoms with van der Waals surface area (Å²) in [7, 11) is 0. The Kier molecular flexibility index (Phi) is 6.08. The molecule has 0 spiro atoms. The van der Waals surface area contributed by atoms with Crippen LogP contribution in [0.25, 0.3) is 11.1 Å². The zero-order chi connectivity index (χ0) is 19.2. The van der Waals surface area contributed by atoms with Crippen LogP contribution < -0.4 is 11.1 Å². The topological polar surface area (TPSA) is 95.7 Å². The molecule has 3 rings (SSSR count). The van der Waals surface area contributed by atoms with Gasteiger partial charge in [-0.05, 0) is 43.1 Å². The number of nitrogens with one attached hydrogen (secondary N) is 1. The van der Waals surface area contributed by atoms with Crippen LogP contribution in [0.15, 0.2) is 48.5 Å². The molecule has 1 aliphatic heterocycles. The van der Waals surface area contributed by atoms with Gasteiger partial charge in [-0.1, -0.05) is 30.3 Å². The Labute approximate surface area is 159 Å². The highest BCUT2D eigenvalue weighted by Crippen LogP contribution is 2.28. The van der Waals surface area contributed by atoms with Crippen LogP contribution in [0.5, 0.6) is 5.75 Å². The number of phenols is 1. The second-order valence-corrected chi connectivity index (χ2v) is 6.89. The Morgan fingerprint density at radius 3 is 2.59 bits per heavy atom. The maximum atomic E-state index is 12.3. The van der Waals surface area contributed by atoms with Crippen molar-refractivity contribution in [3.8, 4) is 16.9 Å². The third-order valence-corrected chi connectivity index (χ3v) is 4.98. The molecule has 0 aliphatic carbocycles. The molecule has 6 nitrogen and oxygen atoms in total. The van der Waals surface area contributed by atoms with Crippen molar-refractivity contribution in [2.75, 3.05) is 26.2 Å². The lowest BCUT2D eigenvalue weighted by atomic mass is 9.97. The number of aromatic hydroxyl groups is 1. The van der Waals surface area contributed by atoms with Gasteiger partial charge < -0.3 is 21.1 Å². The Morgan fingerprint density at radius 1 is 1.15 bits per heavy atom. The molecule has 0 saturated carbocycles. The van der Waals surface area contributed by atoms with Gasteiger partial charge in [-0.3, -0.25) is 9.59 Å². The highest BCUT2D eigenvalue weighted by Gasteiger charge is 2.23. The summed E-state index contributed by atoms with van der Waals surface area (Å²) in [6.07, 6.45) is 1.80. The van der Waals surface area contributed by atoms with Gasteiger partial charge in [-0.25, -0.2) is 0 Å². The van der Waals surface area contributed by atoms with Gasteiger partial charge in [0, 0.05) is 30.8 Å². The first-order valence-electron chi connectivity index (χ1n) is 9.23. The molecule has 0 aromatic heterocycles. The highest BCUT2D eigenvalue weighted by molar-refractivity contribution is 5.94. The van der Waals surface area contributed by atoms with Gasteiger partial charge in [0.25, 0.3) is 5.91 Å². The number of hydrogen-bond donors (Lipinski definition) is 3. The summed E-state index contributed by atoms with van der Waals surface area (Å²) in [6.45, 7) is 2.81. The standard InChI is InChI=1S/C21H25N3O3/c22-20(26)17-4-3-12-24(14-17)13-11-23-21(27)16-9-7-15(8-10-16)18-5-1-2-6-19(18)25/h1-2,5-10,17,25H,3-4,11-14H2,(H2,22,26)(H,23,27)/t17-/m0/s1. The summed E-state index contributed by atoms with van der Waals surface area (Å²) in [4.78, 5) is 25.8. The number of likely N-dealkylation sites (tertiary alicyclic amines) is 1. The SMILES string of the molecule is NC(=O)[C@H]1CCCN(CCNC(=O)c2ccc(-c3ccccc3O)cc2)C1. The second-order valence-electron chi connectivity index (χ2n) is 6.89. The minimum Gasteiger partial charge on any atom is -0.507 e. The van der Waals surface area contributed by atoms with Crippen molar-refractivity contribution in [3.63, 3.8) is 0 Å². The highest BCUT2D eigenvalue weighted by atomic mass is 16.3. The van der Waals surface area contributed by atoms with E-state index in [0.717, 1.165) is 30.5 Å². The number of primary amides is 1. The largest absolute Gasteiger partial charge is 0.507 e. The first kappa shape index (κ1) is 18.9. The molecule has 2 amide bonds. The molecule has 6 heteroatoms. The van der Waals surface area contributed by atoms with Crippen LogP contribution in [0.3, 0.4) is 0 Å². The van der Waals surface area contributed by atoms with Gasteiger partial charge in [0.2, 0.25) is 5.91 Å². The van der Waals surface area contributed by atoms with E-state index in [0.29, 0.717) is 25.2 Å². The van der Waals surface area contributed by atoms with Gasteiger partial charge in [-0.2, -0.15) is 0 Å². The summed E-state index contributed by atoms with van der Waals surface area (Å²) in [5, 5.41) is 12.8. The third-order valence-electron chi connectivity index (χ3n) is 4.98. The Bertz CT molecular complexity index is 805. The van der Waals surface area contributed by atoms with Crippen LogP contribution in [-0.4, -0.2) is 48.0 Å². The Hall–Kier alpha value is -2.86. The first-order valence-corrected chi connectivity index (χ1v) is 9.23. The second kappa shape index (κ2) is 8.68. The predicted molar refractivity (Wildman–Crippen MR) is 104 cm³/mol. The molecule has 4 N–H and O–H groups in total. The van der Waals surface area contributed by atoms with Crippen LogP contribution in [0.2, 0.25) is 0 Å².